The van der Waals surface area contributed by atoms with E-state index in [1.807, 2.05) is 30.3 Å². The molecular formula is C21H14F3N3O. The lowest BCUT2D eigenvalue weighted by atomic mass is 10.1. The van der Waals surface area contributed by atoms with Crippen molar-refractivity contribution in [3.05, 3.63) is 84.3 Å². The molecule has 140 valence electrons. The Balaban J connectivity index is 1.53. The Hall–Kier alpha value is -3.48. The van der Waals surface area contributed by atoms with E-state index in [0.717, 1.165) is 29.1 Å². The molecule has 2 aromatic heterocycles. The summed E-state index contributed by atoms with van der Waals surface area (Å²) in [4.78, 5) is 0. The van der Waals surface area contributed by atoms with Gasteiger partial charge < -0.3 is 9.73 Å². The number of nitrogens with one attached hydrogen (secondary N) is 1. The van der Waals surface area contributed by atoms with Crippen molar-refractivity contribution < 1.29 is 17.6 Å². The van der Waals surface area contributed by atoms with E-state index in [1.165, 1.54) is 6.07 Å². The van der Waals surface area contributed by atoms with Crippen LogP contribution in [0.15, 0.2) is 77.3 Å². The van der Waals surface area contributed by atoms with Crippen LogP contribution in [0.1, 0.15) is 17.5 Å². The minimum absolute atomic E-state index is 0.371. The van der Waals surface area contributed by atoms with E-state index < -0.39 is 11.7 Å². The second-order valence-electron chi connectivity index (χ2n) is 6.53. The van der Waals surface area contributed by atoms with E-state index in [1.54, 1.807) is 29.1 Å². The molecule has 2 aromatic carbocycles. The summed E-state index contributed by atoms with van der Waals surface area (Å²) in [6, 6.07) is 18.3. The maximum Gasteiger partial charge on any atom is 0.416 e. The van der Waals surface area contributed by atoms with Crippen molar-refractivity contribution in [3.63, 3.8) is 0 Å². The number of halogens is 3. The van der Waals surface area contributed by atoms with Gasteiger partial charge in [0, 0.05) is 23.0 Å². The summed E-state index contributed by atoms with van der Waals surface area (Å²) in [7, 11) is 0. The lowest BCUT2D eigenvalue weighted by Gasteiger charge is -2.27. The number of hydrogen-bond acceptors (Lipinski definition) is 3. The molecule has 1 aliphatic rings. The minimum atomic E-state index is -4.40. The average molecular weight is 381 g/mol. The van der Waals surface area contributed by atoms with Crippen LogP contribution in [0.3, 0.4) is 0 Å². The predicted molar refractivity (Wildman–Crippen MR) is 98.6 cm³/mol. The molecule has 0 unspecified atom stereocenters. The van der Waals surface area contributed by atoms with Gasteiger partial charge in [0.2, 0.25) is 0 Å². The summed E-state index contributed by atoms with van der Waals surface area (Å²) in [5, 5.41) is 7.77. The number of furan rings is 1. The zero-order valence-electron chi connectivity index (χ0n) is 14.4. The van der Waals surface area contributed by atoms with E-state index in [-0.39, 0.29) is 6.17 Å². The number of fused-ring (bicyclic) bond motifs is 3. The van der Waals surface area contributed by atoms with E-state index >= 15 is 0 Å². The van der Waals surface area contributed by atoms with Gasteiger partial charge in [0.15, 0.2) is 6.17 Å². The second kappa shape index (κ2) is 6.02. The molecule has 4 nitrogen and oxygen atoms in total. The minimum Gasteiger partial charge on any atom is -0.457 e. The second-order valence-corrected chi connectivity index (χ2v) is 6.53. The third-order valence-electron chi connectivity index (χ3n) is 4.78. The van der Waals surface area contributed by atoms with Gasteiger partial charge in [-0.1, -0.05) is 30.3 Å². The molecule has 1 N–H and O–H groups in total. The Morgan fingerprint density at radius 1 is 0.964 bits per heavy atom. The molecule has 3 heterocycles. The Labute approximate surface area is 158 Å². The maximum absolute atomic E-state index is 13.0. The molecular weight excluding hydrogens is 367 g/mol. The highest BCUT2D eigenvalue weighted by molar-refractivity contribution is 5.78. The first-order valence-electron chi connectivity index (χ1n) is 8.67. The van der Waals surface area contributed by atoms with Crippen molar-refractivity contribution in [1.29, 1.82) is 0 Å². The fraction of sp³-hybridized carbons (Fsp3) is 0.0952. The molecule has 0 fully saturated rings. The Bertz CT molecular complexity index is 1160. The number of aromatic nitrogens is 2. The Morgan fingerprint density at radius 3 is 2.68 bits per heavy atom. The number of anilines is 1. The largest absolute Gasteiger partial charge is 0.457 e. The first kappa shape index (κ1) is 16.7. The van der Waals surface area contributed by atoms with Gasteiger partial charge in [0.1, 0.15) is 11.5 Å². The molecule has 4 aromatic rings. The zero-order valence-corrected chi connectivity index (χ0v) is 14.4. The Morgan fingerprint density at radius 2 is 1.82 bits per heavy atom. The average Bonchev–Trinajstić information content (AvgIpc) is 3.37. The van der Waals surface area contributed by atoms with Gasteiger partial charge in [-0.3, -0.25) is 0 Å². The molecule has 1 atom stereocenters. The van der Waals surface area contributed by atoms with E-state index in [0.29, 0.717) is 17.1 Å². The number of rotatable bonds is 2. The zero-order chi connectivity index (χ0) is 19.3. The lowest BCUT2D eigenvalue weighted by Crippen LogP contribution is -2.25. The van der Waals surface area contributed by atoms with Crippen LogP contribution in [-0.2, 0) is 6.18 Å². The van der Waals surface area contributed by atoms with Crippen molar-refractivity contribution in [2.45, 2.75) is 12.3 Å². The number of nitrogens with zero attached hydrogens (tertiary/aromatic N) is 2. The third kappa shape index (κ3) is 2.67. The van der Waals surface area contributed by atoms with Crippen LogP contribution >= 0.6 is 0 Å². The monoisotopic (exact) mass is 381 g/mol. The van der Waals surface area contributed by atoms with E-state index in [4.69, 9.17) is 4.42 Å². The van der Waals surface area contributed by atoms with Crippen LogP contribution < -0.4 is 5.32 Å². The third-order valence-corrected chi connectivity index (χ3v) is 4.78. The van der Waals surface area contributed by atoms with Gasteiger partial charge in [-0.2, -0.15) is 18.3 Å². The highest BCUT2D eigenvalue weighted by atomic mass is 19.4. The molecule has 0 saturated carbocycles. The summed E-state index contributed by atoms with van der Waals surface area (Å²) < 4.78 is 46.7. The quantitative estimate of drug-likeness (QED) is 0.477. The van der Waals surface area contributed by atoms with Crippen molar-refractivity contribution in [3.8, 4) is 22.6 Å². The van der Waals surface area contributed by atoms with Gasteiger partial charge in [-0.05, 0) is 36.4 Å². The molecule has 7 heteroatoms. The van der Waals surface area contributed by atoms with Crippen LogP contribution in [0.25, 0.3) is 22.6 Å². The van der Waals surface area contributed by atoms with Crippen LogP contribution in [0, 0.1) is 0 Å². The van der Waals surface area contributed by atoms with Gasteiger partial charge in [-0.25, -0.2) is 4.68 Å². The fourth-order valence-corrected chi connectivity index (χ4v) is 3.47. The summed E-state index contributed by atoms with van der Waals surface area (Å²) in [5.74, 6) is 0.933. The summed E-state index contributed by atoms with van der Waals surface area (Å²) in [6.45, 7) is 0. The van der Waals surface area contributed by atoms with Crippen molar-refractivity contribution in [2.24, 2.45) is 0 Å². The van der Waals surface area contributed by atoms with E-state index in [9.17, 15) is 13.2 Å². The molecule has 0 spiro atoms. The van der Waals surface area contributed by atoms with Crippen LogP contribution in [0.5, 0.6) is 0 Å². The maximum atomic E-state index is 13.0. The molecule has 0 bridgehead atoms. The van der Waals surface area contributed by atoms with Gasteiger partial charge in [0.05, 0.1) is 11.3 Å². The topological polar surface area (TPSA) is 43.0 Å². The fourth-order valence-electron chi connectivity index (χ4n) is 3.47. The highest BCUT2D eigenvalue weighted by Crippen LogP contribution is 2.39. The molecule has 0 amide bonds. The SMILES string of the molecule is FC(F)(F)c1cccc(-c2ccc([C@H]3Nc4ccccc4-c4ccnn43)o2)c1. The molecule has 0 radical (unpaired) electrons. The lowest BCUT2D eigenvalue weighted by molar-refractivity contribution is -0.137. The first-order chi connectivity index (χ1) is 13.5. The summed E-state index contributed by atoms with van der Waals surface area (Å²) >= 11 is 0. The van der Waals surface area contributed by atoms with Crippen molar-refractivity contribution in [1.82, 2.24) is 9.78 Å². The van der Waals surface area contributed by atoms with E-state index in [2.05, 4.69) is 10.4 Å². The smallest absolute Gasteiger partial charge is 0.416 e. The van der Waals surface area contributed by atoms with Crippen molar-refractivity contribution >= 4 is 5.69 Å². The van der Waals surface area contributed by atoms with Crippen molar-refractivity contribution in [2.75, 3.05) is 5.32 Å². The van der Waals surface area contributed by atoms with Crippen LogP contribution in [0.2, 0.25) is 0 Å². The highest BCUT2D eigenvalue weighted by Gasteiger charge is 2.31. The molecule has 0 saturated heterocycles. The van der Waals surface area contributed by atoms with Crippen LogP contribution in [0.4, 0.5) is 18.9 Å². The standard InChI is InChI=1S/C21H14F3N3O/c22-21(23,24)14-5-3-4-13(12-14)18-8-9-19(28-18)20-26-16-7-2-1-6-15(16)17-10-11-25-27(17)20/h1-12,20,26H/t20-/m0/s1. The number of alkyl halides is 3. The van der Waals surface area contributed by atoms with Gasteiger partial charge in [-0.15, -0.1) is 0 Å². The number of para-hydroxylation sites is 1. The molecule has 1 aliphatic heterocycles. The summed E-state index contributed by atoms with van der Waals surface area (Å²) in [6.07, 6.45) is -3.08. The predicted octanol–water partition coefficient (Wildman–Crippen LogP) is 5.80. The molecule has 28 heavy (non-hydrogen) atoms. The summed E-state index contributed by atoms with van der Waals surface area (Å²) in [5.41, 5.74) is 2.58. The molecule has 0 aliphatic carbocycles. The van der Waals surface area contributed by atoms with Gasteiger partial charge in [0.25, 0.3) is 0 Å². The first-order valence-corrected chi connectivity index (χ1v) is 8.67. The van der Waals surface area contributed by atoms with Crippen LogP contribution in [-0.4, -0.2) is 9.78 Å². The number of hydrogen-bond donors (Lipinski definition) is 1. The number of benzene rings is 2. The Kier molecular flexibility index (Phi) is 3.58. The molecule has 5 rings (SSSR count). The van der Waals surface area contributed by atoms with Gasteiger partial charge >= 0.3 is 6.18 Å². The normalized spacial score (nSPS) is 15.6.